The lowest BCUT2D eigenvalue weighted by Gasteiger charge is -2.13. The van der Waals surface area contributed by atoms with Crippen LogP contribution in [-0.4, -0.2) is 30.7 Å². The summed E-state index contributed by atoms with van der Waals surface area (Å²) in [7, 11) is 0. The van der Waals surface area contributed by atoms with Gasteiger partial charge >= 0.3 is 12.1 Å². The zero-order valence-electron chi connectivity index (χ0n) is 11.5. The van der Waals surface area contributed by atoms with E-state index in [4.69, 9.17) is 4.74 Å². The molecule has 1 unspecified atom stereocenters. The number of benzene rings is 1. The molecule has 1 atom stereocenters. The van der Waals surface area contributed by atoms with Crippen LogP contribution in [0.15, 0.2) is 34.8 Å². The first-order chi connectivity index (χ1) is 10.2. The maximum Gasteiger partial charge on any atom is 0.405 e. The summed E-state index contributed by atoms with van der Waals surface area (Å²) in [5, 5.41) is 1.64. The van der Waals surface area contributed by atoms with Gasteiger partial charge in [0.25, 0.3) is 5.91 Å². The Bertz CT molecular complexity index is 573. The van der Waals surface area contributed by atoms with Crippen LogP contribution in [-0.2, 0) is 14.3 Å². The maximum absolute atomic E-state index is 11.9. The Balaban J connectivity index is 2.48. The van der Waals surface area contributed by atoms with Crippen molar-refractivity contribution in [1.29, 1.82) is 0 Å². The van der Waals surface area contributed by atoms with E-state index in [1.54, 1.807) is 23.5 Å². The van der Waals surface area contributed by atoms with E-state index in [9.17, 15) is 22.8 Å². The van der Waals surface area contributed by atoms with Gasteiger partial charge in [-0.3, -0.25) is 4.79 Å². The predicted octanol–water partition coefficient (Wildman–Crippen LogP) is 3.07. The van der Waals surface area contributed by atoms with E-state index in [0.29, 0.717) is 0 Å². The highest BCUT2D eigenvalue weighted by Gasteiger charge is 2.29. The number of nitrogens with one attached hydrogen (secondary N) is 1. The lowest BCUT2D eigenvalue weighted by atomic mass is 10.2. The zero-order valence-corrected chi connectivity index (χ0v) is 13.1. The van der Waals surface area contributed by atoms with Crippen LogP contribution in [0.2, 0.25) is 0 Å². The van der Waals surface area contributed by atoms with Crippen LogP contribution in [0.3, 0.4) is 0 Å². The Hall–Kier alpha value is -1.83. The fourth-order valence-corrected chi connectivity index (χ4v) is 1.79. The number of halogens is 4. The number of hydrogen-bond donors (Lipinski definition) is 1. The molecule has 120 valence electrons. The van der Waals surface area contributed by atoms with Gasteiger partial charge in [-0.1, -0.05) is 28.1 Å². The molecule has 1 rings (SSSR count). The first-order valence-electron chi connectivity index (χ1n) is 6.16. The van der Waals surface area contributed by atoms with Gasteiger partial charge in [0, 0.05) is 10.5 Å². The summed E-state index contributed by atoms with van der Waals surface area (Å²) in [4.78, 5) is 22.8. The number of carbonyl (C=O) groups excluding carboxylic acids is 2. The Morgan fingerprint density at radius 3 is 2.68 bits per heavy atom. The van der Waals surface area contributed by atoms with Crippen molar-refractivity contribution < 1.29 is 27.5 Å². The summed E-state index contributed by atoms with van der Waals surface area (Å²) in [6, 6.07) is 7.07. The lowest BCUT2D eigenvalue weighted by molar-refractivity contribution is -0.154. The van der Waals surface area contributed by atoms with Crippen LogP contribution in [0, 0.1) is 0 Å². The van der Waals surface area contributed by atoms with Gasteiger partial charge in [0.15, 0.2) is 6.10 Å². The van der Waals surface area contributed by atoms with Crippen molar-refractivity contribution >= 4 is 33.9 Å². The second kappa shape index (κ2) is 7.98. The molecule has 0 radical (unpaired) electrons. The molecule has 0 spiro atoms. The third-order valence-electron chi connectivity index (χ3n) is 2.39. The molecule has 1 N–H and O–H groups in total. The van der Waals surface area contributed by atoms with Gasteiger partial charge in [-0.15, -0.1) is 0 Å². The van der Waals surface area contributed by atoms with E-state index in [2.05, 4.69) is 15.9 Å². The SMILES string of the molecule is CC(OC(=O)/C=C/c1cccc(Br)c1)C(=O)NCC(F)(F)F. The maximum atomic E-state index is 11.9. The smallest absolute Gasteiger partial charge is 0.405 e. The average molecular weight is 380 g/mol. The summed E-state index contributed by atoms with van der Waals surface area (Å²) in [5.74, 6) is -1.84. The van der Waals surface area contributed by atoms with E-state index < -0.39 is 30.7 Å². The lowest BCUT2D eigenvalue weighted by Crippen LogP contribution is -2.40. The van der Waals surface area contributed by atoms with Gasteiger partial charge in [0.2, 0.25) is 0 Å². The minimum Gasteiger partial charge on any atom is -0.449 e. The van der Waals surface area contributed by atoms with Crippen molar-refractivity contribution in [2.45, 2.75) is 19.2 Å². The van der Waals surface area contributed by atoms with Gasteiger partial charge in [0.05, 0.1) is 0 Å². The molecule has 0 saturated carbocycles. The molecule has 4 nitrogen and oxygen atoms in total. The highest BCUT2D eigenvalue weighted by Crippen LogP contribution is 2.13. The second-order valence-corrected chi connectivity index (χ2v) is 5.22. The highest BCUT2D eigenvalue weighted by atomic mass is 79.9. The summed E-state index contributed by atoms with van der Waals surface area (Å²) >= 11 is 3.27. The minimum absolute atomic E-state index is 0.723. The van der Waals surface area contributed by atoms with Crippen LogP contribution in [0.4, 0.5) is 13.2 Å². The molecule has 1 aromatic rings. The van der Waals surface area contributed by atoms with Crippen molar-refractivity contribution in [1.82, 2.24) is 5.32 Å². The van der Waals surface area contributed by atoms with Crippen LogP contribution in [0.25, 0.3) is 6.08 Å². The van der Waals surface area contributed by atoms with Crippen molar-refractivity contribution in [3.8, 4) is 0 Å². The van der Waals surface area contributed by atoms with Crippen LogP contribution in [0.5, 0.6) is 0 Å². The van der Waals surface area contributed by atoms with Crippen molar-refractivity contribution in [3.05, 3.63) is 40.4 Å². The molecule has 0 heterocycles. The predicted molar refractivity (Wildman–Crippen MR) is 77.8 cm³/mol. The van der Waals surface area contributed by atoms with Crippen LogP contribution < -0.4 is 5.32 Å². The fraction of sp³-hybridized carbons (Fsp3) is 0.286. The number of ether oxygens (including phenoxy) is 1. The molecular weight excluding hydrogens is 367 g/mol. The number of esters is 1. The minimum atomic E-state index is -4.51. The quantitative estimate of drug-likeness (QED) is 0.631. The van der Waals surface area contributed by atoms with E-state index in [1.807, 2.05) is 6.07 Å². The molecule has 0 saturated heterocycles. The van der Waals surface area contributed by atoms with Gasteiger partial charge in [-0.05, 0) is 30.7 Å². The Morgan fingerprint density at radius 2 is 2.09 bits per heavy atom. The number of amides is 1. The summed E-state index contributed by atoms with van der Waals surface area (Å²) in [6.45, 7) is -0.280. The molecule has 22 heavy (non-hydrogen) atoms. The van der Waals surface area contributed by atoms with E-state index >= 15 is 0 Å². The van der Waals surface area contributed by atoms with Gasteiger partial charge in [-0.2, -0.15) is 13.2 Å². The average Bonchev–Trinajstić information content (AvgIpc) is 2.41. The summed E-state index contributed by atoms with van der Waals surface area (Å²) < 4.78 is 41.4. The second-order valence-electron chi connectivity index (χ2n) is 4.30. The molecular formula is C14H13BrF3NO3. The number of hydrogen-bond acceptors (Lipinski definition) is 3. The molecule has 0 bridgehead atoms. The third-order valence-corrected chi connectivity index (χ3v) is 2.88. The monoisotopic (exact) mass is 379 g/mol. The van der Waals surface area contributed by atoms with Crippen LogP contribution in [0.1, 0.15) is 12.5 Å². The normalized spacial score (nSPS) is 13.0. The molecule has 0 aliphatic rings. The van der Waals surface area contributed by atoms with Crippen LogP contribution >= 0.6 is 15.9 Å². The van der Waals surface area contributed by atoms with Crippen molar-refractivity contribution in [2.24, 2.45) is 0 Å². The fourth-order valence-electron chi connectivity index (χ4n) is 1.37. The first kappa shape index (κ1) is 18.2. The Labute approximate surface area is 133 Å². The first-order valence-corrected chi connectivity index (χ1v) is 6.95. The van der Waals surface area contributed by atoms with Crippen molar-refractivity contribution in [3.63, 3.8) is 0 Å². The van der Waals surface area contributed by atoms with Gasteiger partial charge in [-0.25, -0.2) is 4.79 Å². The van der Waals surface area contributed by atoms with Gasteiger partial charge < -0.3 is 10.1 Å². The molecule has 1 aromatic carbocycles. The highest BCUT2D eigenvalue weighted by molar-refractivity contribution is 9.10. The number of carbonyl (C=O) groups is 2. The Kier molecular flexibility index (Phi) is 6.61. The van der Waals surface area contributed by atoms with E-state index in [1.165, 1.54) is 13.0 Å². The molecule has 8 heteroatoms. The standard InChI is InChI=1S/C14H13BrF3NO3/c1-9(13(21)19-8-14(16,17)18)22-12(20)6-5-10-3-2-4-11(15)7-10/h2-7,9H,8H2,1H3,(H,19,21)/b6-5+. The molecule has 0 aliphatic heterocycles. The zero-order chi connectivity index (χ0) is 16.8. The molecule has 1 amide bonds. The van der Waals surface area contributed by atoms with Crippen molar-refractivity contribution in [2.75, 3.05) is 6.54 Å². The molecule has 0 fully saturated rings. The van der Waals surface area contributed by atoms with Gasteiger partial charge in [0.1, 0.15) is 6.54 Å². The molecule has 0 aliphatic carbocycles. The molecule has 0 aromatic heterocycles. The number of rotatable bonds is 5. The summed E-state index contributed by atoms with van der Waals surface area (Å²) in [6.07, 6.45) is -3.27. The van der Waals surface area contributed by atoms with E-state index in [-0.39, 0.29) is 0 Å². The number of alkyl halides is 3. The third kappa shape index (κ3) is 7.26. The summed E-state index contributed by atoms with van der Waals surface area (Å²) in [5.41, 5.74) is 0.723. The largest absolute Gasteiger partial charge is 0.449 e. The Morgan fingerprint density at radius 1 is 1.41 bits per heavy atom. The van der Waals surface area contributed by atoms with E-state index in [0.717, 1.165) is 16.1 Å². The topological polar surface area (TPSA) is 55.4 Å².